The second-order valence-electron chi connectivity index (χ2n) is 7.73. The highest BCUT2D eigenvalue weighted by molar-refractivity contribution is 8.13. The molecule has 0 amide bonds. The van der Waals surface area contributed by atoms with Gasteiger partial charge in [0.1, 0.15) is 0 Å². The number of nitrogens with one attached hydrogen (secondary N) is 1. The van der Waals surface area contributed by atoms with E-state index in [9.17, 15) is 9.59 Å². The lowest BCUT2D eigenvalue weighted by atomic mass is 9.80. The molecule has 3 aromatic carbocycles. The van der Waals surface area contributed by atoms with E-state index in [1.165, 1.54) is 11.8 Å². The lowest BCUT2D eigenvalue weighted by molar-refractivity contribution is -0.108. The first-order chi connectivity index (χ1) is 15.1. The molecular formula is C27H21NO2S. The number of thioether (sulfide) groups is 1. The molecule has 0 saturated heterocycles. The van der Waals surface area contributed by atoms with Gasteiger partial charge in [-0.2, -0.15) is 0 Å². The molecule has 4 heteroatoms. The van der Waals surface area contributed by atoms with Crippen LogP contribution in [0.1, 0.15) is 39.9 Å². The summed E-state index contributed by atoms with van der Waals surface area (Å²) in [5, 5.41) is 3.40. The minimum absolute atomic E-state index is 0.00184. The fourth-order valence-corrected chi connectivity index (χ4v) is 5.30. The highest BCUT2D eigenvalue weighted by Gasteiger charge is 2.42. The van der Waals surface area contributed by atoms with Gasteiger partial charge in [0, 0.05) is 39.6 Å². The van der Waals surface area contributed by atoms with Crippen molar-refractivity contribution in [3.63, 3.8) is 0 Å². The molecule has 1 atom stereocenters. The fourth-order valence-electron chi connectivity index (χ4n) is 4.38. The van der Waals surface area contributed by atoms with Gasteiger partial charge in [-0.3, -0.25) is 9.59 Å². The minimum atomic E-state index is -0.381. The molecular weight excluding hydrogens is 402 g/mol. The van der Waals surface area contributed by atoms with Crippen LogP contribution in [0, 0.1) is 0 Å². The molecule has 3 nitrogen and oxygen atoms in total. The molecule has 0 aromatic heterocycles. The van der Waals surface area contributed by atoms with Crippen LogP contribution in [0.4, 0.5) is 0 Å². The quantitative estimate of drug-likeness (QED) is 0.583. The Balaban J connectivity index is 1.56. The van der Waals surface area contributed by atoms with Crippen LogP contribution < -0.4 is 5.32 Å². The van der Waals surface area contributed by atoms with Crippen molar-refractivity contribution in [2.24, 2.45) is 0 Å². The van der Waals surface area contributed by atoms with Crippen LogP contribution in [0.25, 0.3) is 5.70 Å². The third-order valence-corrected chi connectivity index (χ3v) is 6.77. The highest BCUT2D eigenvalue weighted by Crippen LogP contribution is 2.47. The largest absolute Gasteiger partial charge is 0.358 e. The summed E-state index contributed by atoms with van der Waals surface area (Å²) in [4.78, 5) is 26.9. The topological polar surface area (TPSA) is 46.2 Å². The number of carbonyl (C=O) groups excluding carboxylic acids is 2. The molecule has 1 unspecified atom stereocenters. The van der Waals surface area contributed by atoms with E-state index in [1.807, 2.05) is 91.9 Å². The van der Waals surface area contributed by atoms with Crippen molar-refractivity contribution in [1.82, 2.24) is 5.32 Å². The lowest BCUT2D eigenvalue weighted by Gasteiger charge is -2.29. The smallest absolute Gasteiger partial charge is 0.218 e. The Morgan fingerprint density at radius 1 is 0.871 bits per heavy atom. The average Bonchev–Trinajstić information content (AvgIpc) is 3.09. The maximum absolute atomic E-state index is 13.5. The summed E-state index contributed by atoms with van der Waals surface area (Å²) in [6, 6.07) is 27.5. The molecule has 1 aliphatic heterocycles. The van der Waals surface area contributed by atoms with Crippen molar-refractivity contribution >= 4 is 28.4 Å². The Bertz CT molecular complexity index is 1240. The first kappa shape index (κ1) is 19.6. The molecule has 3 aromatic rings. The van der Waals surface area contributed by atoms with Crippen LogP contribution in [0.15, 0.2) is 102 Å². The van der Waals surface area contributed by atoms with Crippen molar-refractivity contribution in [2.45, 2.75) is 18.6 Å². The van der Waals surface area contributed by atoms with E-state index in [2.05, 4.69) is 5.32 Å². The fraction of sp³-hybridized carbons (Fsp3) is 0.111. The van der Waals surface area contributed by atoms with Gasteiger partial charge in [-0.25, -0.2) is 0 Å². The van der Waals surface area contributed by atoms with Gasteiger partial charge in [-0.15, -0.1) is 0 Å². The zero-order valence-electron chi connectivity index (χ0n) is 17.1. The highest BCUT2D eigenvalue weighted by atomic mass is 32.2. The van der Waals surface area contributed by atoms with Gasteiger partial charge >= 0.3 is 0 Å². The Hall–Kier alpha value is -3.37. The molecule has 1 heterocycles. The number of hydrogen-bond acceptors (Lipinski definition) is 4. The maximum Gasteiger partial charge on any atom is 0.218 e. The first-order valence-corrected chi connectivity index (χ1v) is 11.3. The number of hydrogen-bond donors (Lipinski definition) is 1. The second-order valence-corrected chi connectivity index (χ2v) is 8.68. The summed E-state index contributed by atoms with van der Waals surface area (Å²) in [5.74, 6) is 0.212. The molecule has 5 rings (SSSR count). The molecule has 31 heavy (non-hydrogen) atoms. The molecule has 152 valence electrons. The predicted molar refractivity (Wildman–Crippen MR) is 125 cm³/mol. The van der Waals surface area contributed by atoms with E-state index in [0.717, 1.165) is 28.1 Å². The first-order valence-electron chi connectivity index (χ1n) is 10.3. The molecule has 0 bridgehead atoms. The number of Topliss-reactive ketones (excluding diaryl/α,β-unsaturated/α-hetero) is 1. The SMILES string of the molecule is CC1=C(C(=O)SCc2ccccc2)C(c2ccccc2)C2=C(N1)c1ccccc1C2=O. The monoisotopic (exact) mass is 423 g/mol. The lowest BCUT2D eigenvalue weighted by Crippen LogP contribution is -2.27. The van der Waals surface area contributed by atoms with Gasteiger partial charge in [-0.1, -0.05) is 96.7 Å². The summed E-state index contributed by atoms with van der Waals surface area (Å²) in [5.41, 5.74) is 6.63. The number of carbonyl (C=O) groups is 2. The normalized spacial score (nSPS) is 17.3. The predicted octanol–water partition coefficient (Wildman–Crippen LogP) is 5.72. The van der Waals surface area contributed by atoms with Crippen LogP contribution in [-0.4, -0.2) is 10.9 Å². The molecule has 1 N–H and O–H groups in total. The molecule has 2 aliphatic rings. The number of ketones is 1. The van der Waals surface area contributed by atoms with Crippen molar-refractivity contribution in [3.05, 3.63) is 124 Å². The minimum Gasteiger partial charge on any atom is -0.358 e. The molecule has 0 fully saturated rings. The van der Waals surface area contributed by atoms with Gasteiger partial charge in [-0.05, 0) is 18.1 Å². The molecule has 0 radical (unpaired) electrons. The zero-order chi connectivity index (χ0) is 21.4. The Morgan fingerprint density at radius 3 is 2.19 bits per heavy atom. The van der Waals surface area contributed by atoms with Gasteiger partial charge in [0.05, 0.1) is 5.70 Å². The number of allylic oxidation sites excluding steroid dienone is 2. The number of benzene rings is 3. The van der Waals surface area contributed by atoms with Crippen LogP contribution in [0.3, 0.4) is 0 Å². The van der Waals surface area contributed by atoms with Crippen molar-refractivity contribution < 1.29 is 9.59 Å². The van der Waals surface area contributed by atoms with E-state index < -0.39 is 0 Å². The van der Waals surface area contributed by atoms with Crippen LogP contribution in [0.5, 0.6) is 0 Å². The average molecular weight is 424 g/mol. The molecule has 0 saturated carbocycles. The maximum atomic E-state index is 13.5. The van der Waals surface area contributed by atoms with Gasteiger partial charge in [0.15, 0.2) is 5.78 Å². The van der Waals surface area contributed by atoms with E-state index >= 15 is 0 Å². The van der Waals surface area contributed by atoms with Crippen LogP contribution >= 0.6 is 11.8 Å². The van der Waals surface area contributed by atoms with Gasteiger partial charge < -0.3 is 5.32 Å². The summed E-state index contributed by atoms with van der Waals surface area (Å²) >= 11 is 1.29. The summed E-state index contributed by atoms with van der Waals surface area (Å²) in [6.07, 6.45) is 0. The summed E-state index contributed by atoms with van der Waals surface area (Å²) in [6.45, 7) is 1.93. The van der Waals surface area contributed by atoms with E-state index in [4.69, 9.17) is 0 Å². The second kappa shape index (κ2) is 8.05. The number of fused-ring (bicyclic) bond motifs is 2. The zero-order valence-corrected chi connectivity index (χ0v) is 17.9. The van der Waals surface area contributed by atoms with Crippen molar-refractivity contribution in [3.8, 4) is 0 Å². The molecule has 0 spiro atoms. The van der Waals surface area contributed by atoms with E-state index in [1.54, 1.807) is 0 Å². The number of rotatable bonds is 4. The van der Waals surface area contributed by atoms with Crippen LogP contribution in [0.2, 0.25) is 0 Å². The van der Waals surface area contributed by atoms with Crippen molar-refractivity contribution in [2.75, 3.05) is 0 Å². The Morgan fingerprint density at radius 2 is 1.48 bits per heavy atom. The number of dihydropyridines is 1. The summed E-state index contributed by atoms with van der Waals surface area (Å²) < 4.78 is 0. The Labute approximate surface area is 185 Å². The van der Waals surface area contributed by atoms with Gasteiger partial charge in [0.2, 0.25) is 5.12 Å². The standard InChI is InChI=1S/C27H21NO2S/c1-17-22(27(30)31-16-18-10-4-2-5-11-18)23(19-12-6-3-7-13-19)24-25(28-17)20-14-8-9-15-21(20)26(24)29/h2-15,23,28H,16H2,1H3. The van der Waals surface area contributed by atoms with E-state index in [-0.39, 0.29) is 16.8 Å². The van der Waals surface area contributed by atoms with Crippen LogP contribution in [-0.2, 0) is 10.5 Å². The van der Waals surface area contributed by atoms with Gasteiger partial charge in [0.25, 0.3) is 0 Å². The molecule has 1 aliphatic carbocycles. The Kier molecular flexibility index (Phi) is 5.08. The third-order valence-electron chi connectivity index (χ3n) is 5.81. The van der Waals surface area contributed by atoms with Crippen molar-refractivity contribution in [1.29, 1.82) is 0 Å². The third kappa shape index (κ3) is 3.43. The summed E-state index contributed by atoms with van der Waals surface area (Å²) in [7, 11) is 0. The van der Waals surface area contributed by atoms with E-state index in [0.29, 0.717) is 22.5 Å².